The molecule has 17 heavy (non-hydrogen) atoms. The molecular weight excluding hydrogens is 214 g/mol. The molecule has 90 valence electrons. The van der Waals surface area contributed by atoms with E-state index in [1.165, 1.54) is 0 Å². The molecule has 1 amide bonds. The average Bonchev–Trinajstić information content (AvgIpc) is 2.62. The minimum atomic E-state index is 0.0443. The van der Waals surface area contributed by atoms with Gasteiger partial charge in [0.2, 0.25) is 5.91 Å². The average molecular weight is 231 g/mol. The highest BCUT2D eigenvalue weighted by molar-refractivity contribution is 6.03. The zero-order valence-corrected chi connectivity index (χ0v) is 10.5. The van der Waals surface area contributed by atoms with Crippen LogP contribution in [0.5, 0.6) is 0 Å². The number of hydrogen-bond acceptors (Lipinski definition) is 2. The van der Waals surface area contributed by atoms with Crippen LogP contribution in [0.4, 0.5) is 5.69 Å². The molecule has 1 aliphatic rings. The van der Waals surface area contributed by atoms with Crippen molar-refractivity contribution in [2.45, 2.75) is 26.7 Å². The third-order valence-corrected chi connectivity index (χ3v) is 3.50. The fourth-order valence-electron chi connectivity index (χ4n) is 2.09. The number of ketones is 1. The smallest absolute Gasteiger partial charge is 0.231 e. The van der Waals surface area contributed by atoms with Crippen LogP contribution in [0.2, 0.25) is 0 Å². The van der Waals surface area contributed by atoms with Crippen molar-refractivity contribution in [3.8, 4) is 0 Å². The van der Waals surface area contributed by atoms with Gasteiger partial charge in [0.25, 0.3) is 0 Å². The molecular formula is C14H17NO2. The van der Waals surface area contributed by atoms with Crippen LogP contribution in [0.3, 0.4) is 0 Å². The van der Waals surface area contributed by atoms with Crippen molar-refractivity contribution < 1.29 is 9.59 Å². The molecule has 3 heteroatoms. The summed E-state index contributed by atoms with van der Waals surface area (Å²) in [6.07, 6.45) is 1.25. The van der Waals surface area contributed by atoms with Crippen LogP contribution in [0.15, 0.2) is 18.2 Å². The van der Waals surface area contributed by atoms with E-state index in [0.29, 0.717) is 6.42 Å². The van der Waals surface area contributed by atoms with Crippen molar-refractivity contribution in [1.82, 2.24) is 0 Å². The van der Waals surface area contributed by atoms with E-state index in [9.17, 15) is 9.59 Å². The summed E-state index contributed by atoms with van der Waals surface area (Å²) in [4.78, 5) is 25.2. The van der Waals surface area contributed by atoms with Gasteiger partial charge in [-0.15, -0.1) is 0 Å². The van der Waals surface area contributed by atoms with E-state index in [1.54, 1.807) is 11.9 Å². The van der Waals surface area contributed by atoms with Crippen molar-refractivity contribution in [1.29, 1.82) is 0 Å². The predicted molar refractivity (Wildman–Crippen MR) is 67.3 cm³/mol. The molecule has 1 heterocycles. The van der Waals surface area contributed by atoms with E-state index in [0.717, 1.165) is 23.2 Å². The lowest BCUT2D eigenvalue weighted by atomic mass is 9.95. The van der Waals surface area contributed by atoms with Crippen molar-refractivity contribution in [3.05, 3.63) is 29.3 Å². The van der Waals surface area contributed by atoms with Gasteiger partial charge in [0.1, 0.15) is 0 Å². The Bertz CT molecular complexity index is 479. The van der Waals surface area contributed by atoms with Crippen molar-refractivity contribution >= 4 is 17.4 Å². The van der Waals surface area contributed by atoms with Gasteiger partial charge in [-0.2, -0.15) is 0 Å². The molecule has 0 saturated carbocycles. The second kappa shape index (κ2) is 4.32. The molecule has 1 atom stereocenters. The molecule has 2 rings (SSSR count). The van der Waals surface area contributed by atoms with Gasteiger partial charge in [0.15, 0.2) is 5.78 Å². The van der Waals surface area contributed by atoms with Crippen molar-refractivity contribution in [2.24, 2.45) is 5.92 Å². The lowest BCUT2D eigenvalue weighted by Gasteiger charge is -2.11. The number of Topliss-reactive ketones (excluding diaryl/α,β-unsaturated/α-hetero) is 1. The molecule has 0 saturated heterocycles. The Balaban J connectivity index is 2.33. The number of carbonyl (C=O) groups is 2. The maximum Gasteiger partial charge on any atom is 0.231 e. The maximum atomic E-state index is 12.0. The second-order valence-electron chi connectivity index (χ2n) is 4.65. The Morgan fingerprint density at radius 3 is 2.82 bits per heavy atom. The van der Waals surface area contributed by atoms with Crippen LogP contribution in [-0.2, 0) is 11.2 Å². The van der Waals surface area contributed by atoms with Crippen LogP contribution >= 0.6 is 0 Å². The second-order valence-corrected chi connectivity index (χ2v) is 4.65. The Morgan fingerprint density at radius 2 is 2.18 bits per heavy atom. The summed E-state index contributed by atoms with van der Waals surface area (Å²) < 4.78 is 0. The summed E-state index contributed by atoms with van der Waals surface area (Å²) >= 11 is 0. The molecule has 1 aliphatic heterocycles. The summed E-state index contributed by atoms with van der Waals surface area (Å²) in [5.74, 6) is 0.299. The van der Waals surface area contributed by atoms with Gasteiger partial charge in [-0.25, -0.2) is 0 Å². The quantitative estimate of drug-likeness (QED) is 0.749. The highest BCUT2D eigenvalue weighted by atomic mass is 16.2. The summed E-state index contributed by atoms with van der Waals surface area (Å²) in [5.41, 5.74) is 2.61. The van der Waals surface area contributed by atoms with E-state index in [4.69, 9.17) is 0 Å². The Kier molecular flexibility index (Phi) is 3.01. The van der Waals surface area contributed by atoms with Gasteiger partial charge in [0, 0.05) is 24.2 Å². The number of hydrogen-bond donors (Lipinski definition) is 0. The van der Waals surface area contributed by atoms with Crippen molar-refractivity contribution in [3.63, 3.8) is 0 Å². The summed E-state index contributed by atoms with van der Waals surface area (Å²) in [6, 6.07) is 5.56. The Labute approximate surface area is 101 Å². The molecule has 1 aromatic rings. The van der Waals surface area contributed by atoms with Gasteiger partial charge in [0.05, 0.1) is 6.42 Å². The number of rotatable bonds is 3. The largest absolute Gasteiger partial charge is 0.315 e. The molecule has 0 N–H and O–H groups in total. The van der Waals surface area contributed by atoms with E-state index in [-0.39, 0.29) is 17.6 Å². The number of benzene rings is 1. The first-order valence-electron chi connectivity index (χ1n) is 5.98. The third-order valence-electron chi connectivity index (χ3n) is 3.50. The third kappa shape index (κ3) is 1.97. The fraction of sp³-hybridized carbons (Fsp3) is 0.429. The predicted octanol–water partition coefficient (Wildman–Crippen LogP) is 2.43. The molecule has 0 aliphatic carbocycles. The van der Waals surface area contributed by atoms with Gasteiger partial charge < -0.3 is 4.90 Å². The summed E-state index contributed by atoms with van der Waals surface area (Å²) in [5, 5.41) is 0. The van der Waals surface area contributed by atoms with Crippen molar-refractivity contribution in [2.75, 3.05) is 11.9 Å². The number of nitrogens with zero attached hydrogens (tertiary/aromatic N) is 1. The minimum absolute atomic E-state index is 0.0443. The van der Waals surface area contributed by atoms with E-state index < -0.39 is 0 Å². The number of anilines is 1. The molecule has 1 unspecified atom stereocenters. The molecule has 1 aromatic carbocycles. The topological polar surface area (TPSA) is 37.4 Å². The number of fused-ring (bicyclic) bond motifs is 1. The lowest BCUT2D eigenvalue weighted by molar-refractivity contribution is -0.117. The Hall–Kier alpha value is -1.64. The number of amides is 1. The Morgan fingerprint density at radius 1 is 1.47 bits per heavy atom. The van der Waals surface area contributed by atoms with Gasteiger partial charge >= 0.3 is 0 Å². The molecule has 0 radical (unpaired) electrons. The van der Waals surface area contributed by atoms with Crippen LogP contribution in [0.25, 0.3) is 0 Å². The highest BCUT2D eigenvalue weighted by Gasteiger charge is 2.25. The monoisotopic (exact) mass is 231 g/mol. The molecule has 0 fully saturated rings. The van der Waals surface area contributed by atoms with E-state index in [1.807, 2.05) is 32.0 Å². The number of carbonyl (C=O) groups excluding carboxylic acids is 2. The molecule has 3 nitrogen and oxygen atoms in total. The first-order valence-corrected chi connectivity index (χ1v) is 5.98. The number of likely N-dealkylation sites (N-methyl/N-ethyl adjacent to an activating group) is 1. The van der Waals surface area contributed by atoms with Crippen LogP contribution in [-0.4, -0.2) is 18.7 Å². The van der Waals surface area contributed by atoms with Gasteiger partial charge in [-0.1, -0.05) is 13.8 Å². The summed E-state index contributed by atoms with van der Waals surface area (Å²) in [7, 11) is 1.77. The zero-order valence-electron chi connectivity index (χ0n) is 10.5. The maximum absolute atomic E-state index is 12.0. The normalized spacial score (nSPS) is 15.9. The SMILES string of the molecule is CCC(C)C(=O)c1ccc2c(c1)CC(=O)N2C. The minimum Gasteiger partial charge on any atom is -0.315 e. The molecule has 0 aromatic heterocycles. The van der Waals surface area contributed by atoms with Gasteiger partial charge in [-0.3, -0.25) is 9.59 Å². The first-order chi connectivity index (χ1) is 8.04. The summed E-state index contributed by atoms with van der Waals surface area (Å²) in [6.45, 7) is 3.94. The van der Waals surface area contributed by atoms with Crippen LogP contribution in [0.1, 0.15) is 36.2 Å². The fourth-order valence-corrected chi connectivity index (χ4v) is 2.09. The van der Waals surface area contributed by atoms with Crippen LogP contribution < -0.4 is 4.90 Å². The van der Waals surface area contributed by atoms with E-state index in [2.05, 4.69) is 0 Å². The standard InChI is InChI=1S/C14H17NO2/c1-4-9(2)14(17)10-5-6-12-11(7-10)8-13(16)15(12)3/h5-7,9H,4,8H2,1-3H3. The van der Waals surface area contributed by atoms with Crippen LogP contribution in [0, 0.1) is 5.92 Å². The first kappa shape index (κ1) is 11.8. The zero-order chi connectivity index (χ0) is 12.6. The highest BCUT2D eigenvalue weighted by Crippen LogP contribution is 2.29. The molecule has 0 spiro atoms. The molecule has 0 bridgehead atoms. The van der Waals surface area contributed by atoms with Gasteiger partial charge in [-0.05, 0) is 30.2 Å². The lowest BCUT2D eigenvalue weighted by Crippen LogP contribution is -2.20. The van der Waals surface area contributed by atoms with E-state index >= 15 is 0 Å².